The van der Waals surface area contributed by atoms with Gasteiger partial charge >= 0.3 is 0 Å². The number of carbonyl (C=O) groups excluding carboxylic acids is 2. The highest BCUT2D eigenvalue weighted by Crippen LogP contribution is 2.43. The predicted molar refractivity (Wildman–Crippen MR) is 138 cm³/mol. The molecule has 3 rings (SSSR count). The molecule has 0 aliphatic rings. The van der Waals surface area contributed by atoms with Gasteiger partial charge in [0.1, 0.15) is 0 Å². The van der Waals surface area contributed by atoms with Crippen LogP contribution in [0.1, 0.15) is 58.2 Å². The average Bonchev–Trinajstić information content (AvgIpc) is 2.71. The monoisotopic (exact) mass is 502 g/mol. The van der Waals surface area contributed by atoms with Crippen molar-refractivity contribution in [1.29, 1.82) is 0 Å². The third kappa shape index (κ3) is 5.79. The van der Waals surface area contributed by atoms with Crippen LogP contribution in [-0.4, -0.2) is 10.2 Å². The highest BCUT2D eigenvalue weighted by molar-refractivity contribution is 8.16. The minimum Gasteiger partial charge on any atom is -0.281 e. The van der Waals surface area contributed by atoms with Crippen LogP contribution in [-0.2, 0) is 5.41 Å². The van der Waals surface area contributed by atoms with Gasteiger partial charge in [-0.3, -0.25) is 9.59 Å². The third-order valence-corrected chi connectivity index (χ3v) is 7.87. The van der Waals surface area contributed by atoms with Gasteiger partial charge in [-0.2, -0.15) is 0 Å². The Kier molecular flexibility index (Phi) is 7.82. The van der Waals surface area contributed by atoms with Crippen molar-refractivity contribution in [3.05, 3.63) is 92.5 Å². The van der Waals surface area contributed by atoms with Crippen molar-refractivity contribution >= 4 is 57.0 Å². The Morgan fingerprint density at radius 2 is 1.22 bits per heavy atom. The first-order chi connectivity index (χ1) is 15.0. The van der Waals surface area contributed by atoms with Crippen molar-refractivity contribution in [1.82, 2.24) is 0 Å². The maximum Gasteiger partial charge on any atom is 0.224 e. The molecule has 0 aliphatic carbocycles. The van der Waals surface area contributed by atoms with Crippen LogP contribution < -0.4 is 0 Å². The molecule has 2 nitrogen and oxygen atoms in total. The quantitative estimate of drug-likeness (QED) is 0.333. The van der Waals surface area contributed by atoms with E-state index in [1.165, 1.54) is 0 Å². The summed E-state index contributed by atoms with van der Waals surface area (Å²) < 4.78 is 0. The van der Waals surface area contributed by atoms with Crippen LogP contribution in [0, 0.1) is 13.8 Å². The van der Waals surface area contributed by atoms with E-state index in [0.717, 1.165) is 50.0 Å². The SMILES string of the molecule is Cc1cc(C(C)(C)C)c(C)c(SC(=O)c2cccc(Cl)c2)c1SC(=O)c1cccc(Cl)c1. The molecule has 6 heteroatoms. The maximum atomic E-state index is 13.1. The Bertz CT molecular complexity index is 1200. The van der Waals surface area contributed by atoms with Gasteiger partial charge in [0.25, 0.3) is 0 Å². The van der Waals surface area contributed by atoms with Crippen LogP contribution in [0.25, 0.3) is 0 Å². The first-order valence-corrected chi connectivity index (χ1v) is 12.5. The van der Waals surface area contributed by atoms with E-state index in [9.17, 15) is 9.59 Å². The van der Waals surface area contributed by atoms with Crippen LogP contribution in [0.5, 0.6) is 0 Å². The highest BCUT2D eigenvalue weighted by atomic mass is 35.5. The number of carbonyl (C=O) groups is 2. The normalized spacial score (nSPS) is 11.5. The summed E-state index contributed by atoms with van der Waals surface area (Å²) in [7, 11) is 0. The molecule has 0 atom stereocenters. The fraction of sp³-hybridized carbons (Fsp3) is 0.231. The lowest BCUT2D eigenvalue weighted by Gasteiger charge is -2.26. The molecule has 0 fully saturated rings. The highest BCUT2D eigenvalue weighted by Gasteiger charge is 2.25. The van der Waals surface area contributed by atoms with Gasteiger partial charge in [-0.25, -0.2) is 0 Å². The van der Waals surface area contributed by atoms with Crippen molar-refractivity contribution in [3.63, 3.8) is 0 Å². The van der Waals surface area contributed by atoms with E-state index in [1.54, 1.807) is 48.5 Å². The zero-order valence-corrected chi connectivity index (χ0v) is 21.7. The average molecular weight is 504 g/mol. The summed E-state index contributed by atoms with van der Waals surface area (Å²) in [5.41, 5.74) is 4.06. The maximum absolute atomic E-state index is 13.1. The molecule has 0 spiro atoms. The lowest BCUT2D eigenvalue weighted by molar-refractivity contribution is 0.108. The van der Waals surface area contributed by atoms with E-state index in [4.69, 9.17) is 23.2 Å². The van der Waals surface area contributed by atoms with Gasteiger partial charge in [0.05, 0.1) is 0 Å². The third-order valence-electron chi connectivity index (χ3n) is 4.99. The Hall–Kier alpha value is -1.72. The number of benzene rings is 3. The summed E-state index contributed by atoms with van der Waals surface area (Å²) in [4.78, 5) is 27.8. The van der Waals surface area contributed by atoms with Crippen LogP contribution in [0.2, 0.25) is 10.0 Å². The molecule has 0 aliphatic heterocycles. The van der Waals surface area contributed by atoms with Gasteiger partial charge in [-0.05, 0) is 83.7 Å². The summed E-state index contributed by atoms with van der Waals surface area (Å²) in [5.74, 6) is 0. The molecule has 0 saturated carbocycles. The summed E-state index contributed by atoms with van der Waals surface area (Å²) in [6.45, 7) is 10.4. The van der Waals surface area contributed by atoms with Crippen LogP contribution in [0.3, 0.4) is 0 Å². The molecular weight excluding hydrogens is 479 g/mol. The number of hydrogen-bond acceptors (Lipinski definition) is 4. The second-order valence-electron chi connectivity index (χ2n) is 8.57. The van der Waals surface area contributed by atoms with Gasteiger partial charge in [-0.1, -0.05) is 74.3 Å². The zero-order valence-electron chi connectivity index (χ0n) is 18.6. The van der Waals surface area contributed by atoms with E-state index >= 15 is 0 Å². The van der Waals surface area contributed by atoms with Crippen molar-refractivity contribution in [2.24, 2.45) is 0 Å². The van der Waals surface area contributed by atoms with Crippen molar-refractivity contribution in [3.8, 4) is 0 Å². The van der Waals surface area contributed by atoms with E-state index < -0.39 is 0 Å². The molecule has 3 aromatic carbocycles. The molecule has 0 aromatic heterocycles. The summed E-state index contributed by atoms with van der Waals surface area (Å²) in [5, 5.41) is 0.797. The number of halogens is 2. The minimum absolute atomic E-state index is 0.108. The number of aryl methyl sites for hydroxylation is 1. The van der Waals surface area contributed by atoms with Crippen molar-refractivity contribution < 1.29 is 9.59 Å². The van der Waals surface area contributed by atoms with Crippen LogP contribution in [0.4, 0.5) is 0 Å². The summed E-state index contributed by atoms with van der Waals surface area (Å²) in [6.07, 6.45) is 0. The van der Waals surface area contributed by atoms with E-state index in [0.29, 0.717) is 21.2 Å². The molecule has 0 saturated heterocycles. The summed E-state index contributed by atoms with van der Waals surface area (Å²) in [6, 6.07) is 15.9. The zero-order chi connectivity index (χ0) is 23.6. The van der Waals surface area contributed by atoms with Crippen LogP contribution in [0.15, 0.2) is 64.4 Å². The Morgan fingerprint density at radius 1 is 0.750 bits per heavy atom. The Labute approximate surface area is 208 Å². The molecule has 0 N–H and O–H groups in total. The van der Waals surface area contributed by atoms with Gasteiger partial charge in [0.15, 0.2) is 0 Å². The molecule has 166 valence electrons. The topological polar surface area (TPSA) is 34.1 Å². The smallest absolute Gasteiger partial charge is 0.224 e. The van der Waals surface area contributed by atoms with Crippen molar-refractivity contribution in [2.45, 2.75) is 49.8 Å². The van der Waals surface area contributed by atoms with E-state index in [2.05, 4.69) is 26.8 Å². The molecule has 0 unspecified atom stereocenters. The lowest BCUT2D eigenvalue weighted by Crippen LogP contribution is -2.15. The molecule has 0 amide bonds. The van der Waals surface area contributed by atoms with E-state index in [1.807, 2.05) is 13.8 Å². The second kappa shape index (κ2) is 10.0. The number of hydrogen-bond donors (Lipinski definition) is 0. The fourth-order valence-electron chi connectivity index (χ4n) is 3.42. The molecule has 0 bridgehead atoms. The van der Waals surface area contributed by atoms with Crippen LogP contribution >= 0.6 is 46.7 Å². The first-order valence-electron chi connectivity index (χ1n) is 10.1. The molecular formula is C26H24Cl2O2S2. The minimum atomic E-state index is -0.115. The second-order valence-corrected chi connectivity index (χ2v) is 11.4. The van der Waals surface area contributed by atoms with Gasteiger partial charge in [0, 0.05) is 31.0 Å². The van der Waals surface area contributed by atoms with Gasteiger partial charge < -0.3 is 0 Å². The fourth-order valence-corrected chi connectivity index (χ4v) is 5.90. The van der Waals surface area contributed by atoms with Gasteiger partial charge in [-0.15, -0.1) is 0 Å². The Morgan fingerprint density at radius 3 is 1.66 bits per heavy atom. The predicted octanol–water partition coefficient (Wildman–Crippen LogP) is 8.77. The Balaban J connectivity index is 2.08. The molecule has 0 radical (unpaired) electrons. The summed E-state index contributed by atoms with van der Waals surface area (Å²) >= 11 is 14.5. The number of rotatable bonds is 4. The first kappa shape index (κ1) is 24.9. The van der Waals surface area contributed by atoms with E-state index in [-0.39, 0.29) is 15.6 Å². The van der Waals surface area contributed by atoms with Crippen molar-refractivity contribution in [2.75, 3.05) is 0 Å². The molecule has 0 heterocycles. The van der Waals surface area contributed by atoms with Gasteiger partial charge in [0.2, 0.25) is 10.2 Å². The standard InChI is InChI=1S/C26H24Cl2O2S2/c1-15-12-21(26(3,4)5)16(2)23(32-25(30)18-9-7-11-20(28)14-18)22(15)31-24(29)17-8-6-10-19(27)13-17/h6-14H,1-5H3. The molecule has 32 heavy (non-hydrogen) atoms. The molecule has 3 aromatic rings. The largest absolute Gasteiger partial charge is 0.281 e. The number of thioether (sulfide) groups is 2. The lowest BCUT2D eigenvalue weighted by atomic mass is 9.83.